The van der Waals surface area contributed by atoms with Gasteiger partial charge in [-0.3, -0.25) is 10.1 Å². The quantitative estimate of drug-likeness (QED) is 0.330. The largest absolute Gasteiger partial charge is 0.496 e. The average Bonchev–Trinajstić information content (AvgIpc) is 2.29. The molecule has 1 aromatic carbocycles. The molecule has 0 aliphatic heterocycles. The van der Waals surface area contributed by atoms with Crippen molar-refractivity contribution in [2.45, 2.75) is 6.42 Å². The maximum absolute atomic E-state index is 10.8. The van der Waals surface area contributed by atoms with E-state index in [0.717, 1.165) is 0 Å². The van der Waals surface area contributed by atoms with E-state index < -0.39 is 4.92 Å². The van der Waals surface area contributed by atoms with Gasteiger partial charge in [0.1, 0.15) is 5.75 Å². The SMILES string of the molecule is C#CCCOc1ccc(OC)cc1[N+](=O)[O-]. The fraction of sp³-hybridized carbons (Fsp3) is 0.273. The highest BCUT2D eigenvalue weighted by Crippen LogP contribution is 2.30. The van der Waals surface area contributed by atoms with E-state index in [0.29, 0.717) is 12.2 Å². The second kappa shape index (κ2) is 5.61. The zero-order valence-corrected chi connectivity index (χ0v) is 8.80. The lowest BCUT2D eigenvalue weighted by Crippen LogP contribution is -2.00. The predicted molar refractivity (Wildman–Crippen MR) is 58.6 cm³/mol. The summed E-state index contributed by atoms with van der Waals surface area (Å²) in [5.41, 5.74) is -0.128. The maximum Gasteiger partial charge on any atom is 0.314 e. The summed E-state index contributed by atoms with van der Waals surface area (Å²) in [6, 6.07) is 4.40. The lowest BCUT2D eigenvalue weighted by molar-refractivity contribution is -0.385. The second-order valence-electron chi connectivity index (χ2n) is 2.89. The first kappa shape index (κ1) is 11.9. The molecule has 0 fully saturated rings. The van der Waals surface area contributed by atoms with Crippen molar-refractivity contribution < 1.29 is 14.4 Å². The Morgan fingerprint density at radius 3 is 2.88 bits per heavy atom. The number of terminal acetylenes is 1. The zero-order chi connectivity index (χ0) is 12.0. The topological polar surface area (TPSA) is 61.6 Å². The molecule has 0 unspecified atom stereocenters. The number of methoxy groups -OCH3 is 1. The second-order valence-corrected chi connectivity index (χ2v) is 2.89. The minimum atomic E-state index is -0.520. The van der Waals surface area contributed by atoms with Gasteiger partial charge in [0.25, 0.3) is 0 Å². The van der Waals surface area contributed by atoms with Gasteiger partial charge in [0.2, 0.25) is 0 Å². The molecule has 5 heteroatoms. The zero-order valence-electron chi connectivity index (χ0n) is 8.80. The van der Waals surface area contributed by atoms with E-state index in [-0.39, 0.29) is 18.0 Å². The highest BCUT2D eigenvalue weighted by molar-refractivity contribution is 5.50. The van der Waals surface area contributed by atoms with E-state index in [9.17, 15) is 10.1 Å². The van der Waals surface area contributed by atoms with Crippen LogP contribution >= 0.6 is 0 Å². The van der Waals surface area contributed by atoms with Crippen LogP contribution in [-0.4, -0.2) is 18.6 Å². The van der Waals surface area contributed by atoms with Crippen molar-refractivity contribution in [1.29, 1.82) is 0 Å². The van der Waals surface area contributed by atoms with Crippen LogP contribution in [0, 0.1) is 22.5 Å². The Labute approximate surface area is 93.1 Å². The molecular weight excluding hydrogens is 210 g/mol. The fourth-order valence-corrected chi connectivity index (χ4v) is 1.11. The van der Waals surface area contributed by atoms with Gasteiger partial charge in [-0.1, -0.05) is 0 Å². The maximum atomic E-state index is 10.8. The molecule has 84 valence electrons. The van der Waals surface area contributed by atoms with Crippen molar-refractivity contribution >= 4 is 5.69 Å². The third-order valence-corrected chi connectivity index (χ3v) is 1.87. The van der Waals surface area contributed by atoms with Gasteiger partial charge in [-0.15, -0.1) is 12.3 Å². The molecule has 0 aliphatic rings. The number of hydrogen-bond acceptors (Lipinski definition) is 4. The smallest absolute Gasteiger partial charge is 0.314 e. The minimum absolute atomic E-state index is 0.128. The lowest BCUT2D eigenvalue weighted by Gasteiger charge is -2.06. The standard InChI is InChI=1S/C11H11NO4/c1-3-4-7-16-11-6-5-9(15-2)8-10(11)12(13)14/h1,5-6,8H,4,7H2,2H3. The molecule has 0 radical (unpaired) electrons. The van der Waals surface area contributed by atoms with E-state index in [4.69, 9.17) is 15.9 Å². The van der Waals surface area contributed by atoms with Crippen molar-refractivity contribution in [3.05, 3.63) is 28.3 Å². The number of nitrogens with zero attached hydrogens (tertiary/aromatic N) is 1. The van der Waals surface area contributed by atoms with Crippen LogP contribution in [0.5, 0.6) is 11.5 Å². The number of nitro groups is 1. The molecule has 0 aromatic heterocycles. The molecular formula is C11H11NO4. The Morgan fingerprint density at radius 2 is 2.31 bits per heavy atom. The molecule has 0 heterocycles. The summed E-state index contributed by atoms with van der Waals surface area (Å²) in [5.74, 6) is 3.00. The number of ether oxygens (including phenoxy) is 2. The molecule has 0 amide bonds. The molecule has 1 aromatic rings. The Balaban J connectivity index is 2.90. The molecule has 1 rings (SSSR count). The van der Waals surface area contributed by atoms with Crippen LogP contribution < -0.4 is 9.47 Å². The number of benzene rings is 1. The van der Waals surface area contributed by atoms with E-state index in [2.05, 4.69) is 5.92 Å². The monoisotopic (exact) mass is 221 g/mol. The number of nitro benzene ring substituents is 1. The molecule has 0 saturated heterocycles. The van der Waals surface area contributed by atoms with Gasteiger partial charge in [0.05, 0.1) is 24.7 Å². The van der Waals surface area contributed by atoms with Crippen LogP contribution in [0.3, 0.4) is 0 Å². The van der Waals surface area contributed by atoms with E-state index in [1.54, 1.807) is 6.07 Å². The third-order valence-electron chi connectivity index (χ3n) is 1.87. The first-order valence-corrected chi connectivity index (χ1v) is 4.57. The van der Waals surface area contributed by atoms with Crippen LogP contribution in [-0.2, 0) is 0 Å². The summed E-state index contributed by atoms with van der Waals surface area (Å²) >= 11 is 0. The Hall–Kier alpha value is -2.22. The van der Waals surface area contributed by atoms with Gasteiger partial charge in [-0.25, -0.2) is 0 Å². The summed E-state index contributed by atoms with van der Waals surface area (Å²) in [6.45, 7) is 0.254. The Bertz CT molecular complexity index is 422. The molecule has 0 aliphatic carbocycles. The first-order valence-electron chi connectivity index (χ1n) is 4.57. The van der Waals surface area contributed by atoms with Crippen molar-refractivity contribution in [2.24, 2.45) is 0 Å². The molecule has 0 spiro atoms. The number of hydrogen-bond donors (Lipinski definition) is 0. The van der Waals surface area contributed by atoms with Crippen LogP contribution in [0.25, 0.3) is 0 Å². The van der Waals surface area contributed by atoms with Crippen molar-refractivity contribution in [1.82, 2.24) is 0 Å². The molecule has 0 atom stereocenters. The Morgan fingerprint density at radius 1 is 1.56 bits per heavy atom. The van der Waals surface area contributed by atoms with Gasteiger partial charge < -0.3 is 9.47 Å². The summed E-state index contributed by atoms with van der Waals surface area (Å²) in [7, 11) is 1.44. The van der Waals surface area contributed by atoms with E-state index >= 15 is 0 Å². The highest BCUT2D eigenvalue weighted by atomic mass is 16.6. The summed E-state index contributed by atoms with van der Waals surface area (Å²) in [4.78, 5) is 10.2. The van der Waals surface area contributed by atoms with Gasteiger partial charge in [-0.05, 0) is 12.1 Å². The number of rotatable bonds is 5. The van der Waals surface area contributed by atoms with Gasteiger partial charge in [-0.2, -0.15) is 0 Å². The van der Waals surface area contributed by atoms with E-state index in [1.165, 1.54) is 19.2 Å². The molecule has 0 N–H and O–H groups in total. The normalized spacial score (nSPS) is 9.25. The van der Waals surface area contributed by atoms with Gasteiger partial charge in [0, 0.05) is 6.42 Å². The highest BCUT2D eigenvalue weighted by Gasteiger charge is 2.16. The molecule has 0 saturated carbocycles. The molecule has 0 bridgehead atoms. The van der Waals surface area contributed by atoms with Crippen LogP contribution in [0.1, 0.15) is 6.42 Å². The summed E-state index contributed by atoms with van der Waals surface area (Å²) < 4.78 is 10.1. The van der Waals surface area contributed by atoms with Gasteiger partial charge >= 0.3 is 5.69 Å². The average molecular weight is 221 g/mol. The van der Waals surface area contributed by atoms with Gasteiger partial charge in [0.15, 0.2) is 5.75 Å². The third kappa shape index (κ3) is 2.89. The predicted octanol–water partition coefficient (Wildman–Crippen LogP) is 2.01. The Kier molecular flexibility index (Phi) is 4.16. The summed E-state index contributed by atoms with van der Waals surface area (Å²) in [5, 5.41) is 10.8. The molecule has 16 heavy (non-hydrogen) atoms. The van der Waals surface area contributed by atoms with E-state index in [1.807, 2.05) is 0 Å². The van der Waals surface area contributed by atoms with Crippen LogP contribution in [0.4, 0.5) is 5.69 Å². The summed E-state index contributed by atoms with van der Waals surface area (Å²) in [6.07, 6.45) is 5.46. The van der Waals surface area contributed by atoms with Crippen LogP contribution in [0.15, 0.2) is 18.2 Å². The first-order chi connectivity index (χ1) is 7.69. The minimum Gasteiger partial charge on any atom is -0.496 e. The fourth-order valence-electron chi connectivity index (χ4n) is 1.11. The van der Waals surface area contributed by atoms with Crippen molar-refractivity contribution in [2.75, 3.05) is 13.7 Å². The van der Waals surface area contributed by atoms with Crippen LogP contribution in [0.2, 0.25) is 0 Å². The molecule has 5 nitrogen and oxygen atoms in total. The van der Waals surface area contributed by atoms with Crippen molar-refractivity contribution in [3.8, 4) is 23.8 Å². The van der Waals surface area contributed by atoms with Crippen molar-refractivity contribution in [3.63, 3.8) is 0 Å². The lowest BCUT2D eigenvalue weighted by atomic mass is 10.3.